The van der Waals surface area contributed by atoms with Crippen LogP contribution in [0.1, 0.15) is 30.4 Å². The fourth-order valence-corrected chi connectivity index (χ4v) is 4.31. The second-order valence-corrected chi connectivity index (χ2v) is 7.84. The van der Waals surface area contributed by atoms with Crippen LogP contribution in [0.25, 0.3) is 11.1 Å². The zero-order valence-corrected chi connectivity index (χ0v) is 16.6. The highest BCUT2D eigenvalue weighted by Crippen LogP contribution is 2.31. The molecule has 0 radical (unpaired) electrons. The molecule has 1 aromatic heterocycles. The van der Waals surface area contributed by atoms with Gasteiger partial charge in [0, 0.05) is 31.4 Å². The maximum absolute atomic E-state index is 12.7. The highest BCUT2D eigenvalue weighted by molar-refractivity contribution is 5.79. The normalized spacial score (nSPS) is 18.7. The molecule has 2 aromatic carbocycles. The maximum Gasteiger partial charge on any atom is 0.223 e. The maximum atomic E-state index is 12.7. The average Bonchev–Trinajstić information content (AvgIpc) is 3.44. The molecule has 1 aliphatic carbocycles. The zero-order chi connectivity index (χ0) is 20.1. The smallest absolute Gasteiger partial charge is 0.223 e. The number of aromatic nitrogens is 2. The first-order valence-corrected chi connectivity index (χ1v) is 10.4. The summed E-state index contributed by atoms with van der Waals surface area (Å²) in [5.41, 5.74) is 10.5. The predicted octanol–water partition coefficient (Wildman–Crippen LogP) is 3.59. The lowest BCUT2D eigenvalue weighted by molar-refractivity contribution is -0.126. The Hall–Kier alpha value is -2.92. The molecule has 5 heteroatoms. The minimum absolute atomic E-state index is 0.0645. The molecule has 0 saturated heterocycles. The van der Waals surface area contributed by atoms with Crippen molar-refractivity contribution in [1.82, 2.24) is 14.9 Å². The van der Waals surface area contributed by atoms with Gasteiger partial charge in [0.1, 0.15) is 0 Å². The van der Waals surface area contributed by atoms with Crippen LogP contribution in [-0.2, 0) is 17.9 Å². The van der Waals surface area contributed by atoms with Crippen LogP contribution in [0.2, 0.25) is 0 Å². The highest BCUT2D eigenvalue weighted by Gasteiger charge is 2.31. The number of carbonyl (C=O) groups excluding carboxylic acids is 1. The first-order chi connectivity index (χ1) is 14.2. The number of rotatable bonds is 7. The Kier molecular flexibility index (Phi) is 6.06. The SMILES string of the molecule is NC[C@H]1CCC[C@H]1C(=O)NCc1ccccc1-c1ccc(Cn2ccnc2)cc1. The van der Waals surface area contributed by atoms with E-state index in [0.717, 1.165) is 42.5 Å². The zero-order valence-electron chi connectivity index (χ0n) is 16.6. The fourth-order valence-electron chi connectivity index (χ4n) is 4.31. The third-order valence-corrected chi connectivity index (χ3v) is 5.96. The van der Waals surface area contributed by atoms with Crippen LogP contribution in [0.3, 0.4) is 0 Å². The lowest BCUT2D eigenvalue weighted by Gasteiger charge is -2.18. The van der Waals surface area contributed by atoms with E-state index in [4.69, 9.17) is 5.73 Å². The Bertz CT molecular complexity index is 934. The van der Waals surface area contributed by atoms with Gasteiger partial charge in [-0.15, -0.1) is 0 Å². The summed E-state index contributed by atoms with van der Waals surface area (Å²) in [6.45, 7) is 1.95. The van der Waals surface area contributed by atoms with Crippen LogP contribution in [0.4, 0.5) is 0 Å². The second-order valence-electron chi connectivity index (χ2n) is 7.84. The molecule has 1 aliphatic rings. The number of nitrogens with one attached hydrogen (secondary N) is 1. The Labute approximate surface area is 172 Å². The number of imidazole rings is 1. The molecule has 1 heterocycles. The van der Waals surface area contributed by atoms with Crippen LogP contribution in [-0.4, -0.2) is 22.0 Å². The Morgan fingerprint density at radius 2 is 1.97 bits per heavy atom. The molecular weight excluding hydrogens is 360 g/mol. The molecule has 3 aromatic rings. The molecule has 5 nitrogen and oxygen atoms in total. The van der Waals surface area contributed by atoms with Crippen LogP contribution < -0.4 is 11.1 Å². The third kappa shape index (κ3) is 4.57. The number of amides is 1. The molecule has 3 N–H and O–H groups in total. The lowest BCUT2D eigenvalue weighted by atomic mass is 9.95. The fraction of sp³-hybridized carbons (Fsp3) is 0.333. The van der Waals surface area contributed by atoms with Crippen LogP contribution in [0.5, 0.6) is 0 Å². The van der Waals surface area contributed by atoms with Crippen molar-refractivity contribution in [1.29, 1.82) is 0 Å². The van der Waals surface area contributed by atoms with E-state index < -0.39 is 0 Å². The largest absolute Gasteiger partial charge is 0.352 e. The van der Waals surface area contributed by atoms with Crippen molar-refractivity contribution >= 4 is 5.91 Å². The first-order valence-electron chi connectivity index (χ1n) is 10.4. The van der Waals surface area contributed by atoms with Gasteiger partial charge >= 0.3 is 0 Å². The third-order valence-electron chi connectivity index (χ3n) is 5.96. The molecule has 150 valence electrons. The second kappa shape index (κ2) is 9.05. The van der Waals surface area contributed by atoms with Crippen molar-refractivity contribution in [2.45, 2.75) is 32.4 Å². The standard InChI is InChI=1S/C24H28N4O/c25-14-20-5-3-7-23(20)24(29)27-15-21-4-1-2-6-22(21)19-10-8-18(9-11-19)16-28-13-12-26-17-28/h1-2,4,6,8-13,17,20,23H,3,5,7,14-16,25H2,(H,27,29)/t20-,23-/m1/s1. The summed E-state index contributed by atoms with van der Waals surface area (Å²) < 4.78 is 2.05. The van der Waals surface area contributed by atoms with Gasteiger partial charge in [-0.05, 0) is 47.6 Å². The molecule has 0 unspecified atom stereocenters. The van der Waals surface area contributed by atoms with E-state index in [0.29, 0.717) is 19.0 Å². The molecule has 0 bridgehead atoms. The van der Waals surface area contributed by atoms with Crippen molar-refractivity contribution < 1.29 is 4.79 Å². The minimum atomic E-state index is 0.0645. The number of hydrogen-bond donors (Lipinski definition) is 2. The van der Waals surface area contributed by atoms with Gasteiger partial charge in [-0.1, -0.05) is 55.0 Å². The van der Waals surface area contributed by atoms with Crippen LogP contribution >= 0.6 is 0 Å². The van der Waals surface area contributed by atoms with E-state index in [1.165, 1.54) is 5.56 Å². The van der Waals surface area contributed by atoms with E-state index in [1.807, 2.05) is 24.7 Å². The van der Waals surface area contributed by atoms with Gasteiger partial charge in [-0.25, -0.2) is 4.98 Å². The number of hydrogen-bond acceptors (Lipinski definition) is 3. The van der Waals surface area contributed by atoms with E-state index in [1.54, 1.807) is 6.20 Å². The Morgan fingerprint density at radius 1 is 1.14 bits per heavy atom. The van der Waals surface area contributed by atoms with Crippen LogP contribution in [0.15, 0.2) is 67.3 Å². The van der Waals surface area contributed by atoms with Crippen molar-refractivity contribution in [3.63, 3.8) is 0 Å². The van der Waals surface area contributed by atoms with Crippen LogP contribution in [0, 0.1) is 11.8 Å². The van der Waals surface area contributed by atoms with E-state index >= 15 is 0 Å². The number of carbonyl (C=O) groups is 1. The Balaban J connectivity index is 1.44. The predicted molar refractivity (Wildman–Crippen MR) is 115 cm³/mol. The van der Waals surface area contributed by atoms with E-state index in [2.05, 4.69) is 51.3 Å². The Morgan fingerprint density at radius 3 is 2.72 bits per heavy atom. The topological polar surface area (TPSA) is 72.9 Å². The molecule has 0 aliphatic heterocycles. The van der Waals surface area contributed by atoms with Gasteiger partial charge in [0.05, 0.1) is 6.33 Å². The van der Waals surface area contributed by atoms with Gasteiger partial charge in [0.15, 0.2) is 0 Å². The lowest BCUT2D eigenvalue weighted by Crippen LogP contribution is -2.34. The molecule has 1 amide bonds. The number of benzene rings is 2. The summed E-state index contributed by atoms with van der Waals surface area (Å²) in [6.07, 6.45) is 8.70. The summed E-state index contributed by atoms with van der Waals surface area (Å²) in [5.74, 6) is 0.534. The molecule has 0 spiro atoms. The molecular formula is C24H28N4O. The van der Waals surface area contributed by atoms with Gasteiger partial charge in [-0.3, -0.25) is 4.79 Å². The summed E-state index contributed by atoms with van der Waals surface area (Å²) in [6, 6.07) is 16.9. The molecule has 4 rings (SSSR count). The summed E-state index contributed by atoms with van der Waals surface area (Å²) >= 11 is 0. The van der Waals surface area contributed by atoms with Crippen molar-refractivity contribution in [3.8, 4) is 11.1 Å². The van der Waals surface area contributed by atoms with Gasteiger partial charge in [0.2, 0.25) is 5.91 Å². The quantitative estimate of drug-likeness (QED) is 0.650. The van der Waals surface area contributed by atoms with Crippen molar-refractivity contribution in [2.24, 2.45) is 17.6 Å². The minimum Gasteiger partial charge on any atom is -0.352 e. The monoisotopic (exact) mass is 388 g/mol. The van der Waals surface area contributed by atoms with Crippen molar-refractivity contribution in [2.75, 3.05) is 6.54 Å². The number of nitrogens with two attached hydrogens (primary N) is 1. The molecule has 2 atom stereocenters. The molecule has 1 fully saturated rings. The molecule has 1 saturated carbocycles. The molecule has 29 heavy (non-hydrogen) atoms. The van der Waals surface area contributed by atoms with Crippen molar-refractivity contribution in [3.05, 3.63) is 78.4 Å². The summed E-state index contributed by atoms with van der Waals surface area (Å²) in [7, 11) is 0. The summed E-state index contributed by atoms with van der Waals surface area (Å²) in [5, 5.41) is 3.15. The average molecular weight is 389 g/mol. The van der Waals surface area contributed by atoms with E-state index in [-0.39, 0.29) is 11.8 Å². The van der Waals surface area contributed by atoms with Gasteiger partial charge in [-0.2, -0.15) is 0 Å². The van der Waals surface area contributed by atoms with Gasteiger partial charge < -0.3 is 15.6 Å². The highest BCUT2D eigenvalue weighted by atomic mass is 16.1. The summed E-state index contributed by atoms with van der Waals surface area (Å²) in [4.78, 5) is 16.7. The van der Waals surface area contributed by atoms with E-state index in [9.17, 15) is 4.79 Å². The number of nitrogens with zero attached hydrogens (tertiary/aromatic N) is 2. The van der Waals surface area contributed by atoms with Gasteiger partial charge in [0.25, 0.3) is 0 Å². The first kappa shape index (κ1) is 19.4.